The molecule has 2 aromatic carbocycles. The Morgan fingerprint density at radius 1 is 1.16 bits per heavy atom. The number of hydrogen-bond acceptors (Lipinski definition) is 1. The van der Waals surface area contributed by atoms with E-state index in [2.05, 4.69) is 55.4 Å². The van der Waals surface area contributed by atoms with Crippen molar-refractivity contribution in [2.24, 2.45) is 0 Å². The molecule has 0 saturated carbocycles. The van der Waals surface area contributed by atoms with Crippen LogP contribution in [0.1, 0.15) is 23.6 Å². The van der Waals surface area contributed by atoms with Crippen molar-refractivity contribution in [2.45, 2.75) is 18.9 Å². The molecule has 0 radical (unpaired) electrons. The summed E-state index contributed by atoms with van der Waals surface area (Å²) in [7, 11) is 0. The molecule has 98 valence electrons. The number of rotatable bonds is 2. The maximum Gasteiger partial charge on any atom is 0.0648 e. The Bertz CT molecular complexity index is 628. The minimum atomic E-state index is 0.339. The number of fused-ring (bicyclic) bond motifs is 1. The first kappa shape index (κ1) is 13.5. The zero-order valence-corrected chi connectivity index (χ0v) is 14.0. The van der Waals surface area contributed by atoms with E-state index in [0.717, 1.165) is 28.0 Å². The van der Waals surface area contributed by atoms with Gasteiger partial charge in [-0.3, -0.25) is 0 Å². The Balaban J connectivity index is 1.89. The van der Waals surface area contributed by atoms with Crippen LogP contribution in [0, 0.1) is 0 Å². The van der Waals surface area contributed by atoms with Gasteiger partial charge in [-0.25, -0.2) is 0 Å². The van der Waals surface area contributed by atoms with E-state index in [-0.39, 0.29) is 0 Å². The molecule has 1 aliphatic rings. The van der Waals surface area contributed by atoms with Crippen LogP contribution in [-0.4, -0.2) is 0 Å². The van der Waals surface area contributed by atoms with Gasteiger partial charge in [0.1, 0.15) is 0 Å². The van der Waals surface area contributed by atoms with Crippen molar-refractivity contribution in [3.63, 3.8) is 0 Å². The first-order valence-corrected chi connectivity index (χ1v) is 8.10. The van der Waals surface area contributed by atoms with Gasteiger partial charge in [-0.2, -0.15) is 0 Å². The second-order valence-electron chi connectivity index (χ2n) is 4.67. The van der Waals surface area contributed by atoms with Crippen LogP contribution in [0.3, 0.4) is 0 Å². The first-order chi connectivity index (χ1) is 9.15. The van der Waals surface area contributed by atoms with Gasteiger partial charge < -0.3 is 5.32 Å². The number of anilines is 1. The van der Waals surface area contributed by atoms with Crippen LogP contribution < -0.4 is 5.32 Å². The van der Waals surface area contributed by atoms with Crippen LogP contribution in [-0.2, 0) is 6.42 Å². The predicted octanol–water partition coefficient (Wildman–Crippen LogP) is 5.96. The van der Waals surface area contributed by atoms with E-state index in [1.807, 2.05) is 18.2 Å². The monoisotopic (exact) mass is 399 g/mol. The fourth-order valence-corrected chi connectivity index (χ4v) is 3.86. The molecule has 1 aliphatic carbocycles. The second-order valence-corrected chi connectivity index (χ2v) is 6.84. The quantitative estimate of drug-likeness (QED) is 0.654. The summed E-state index contributed by atoms with van der Waals surface area (Å²) in [5.74, 6) is 0. The third-order valence-corrected chi connectivity index (χ3v) is 5.02. The van der Waals surface area contributed by atoms with Crippen molar-refractivity contribution >= 4 is 49.1 Å². The molecule has 0 amide bonds. The van der Waals surface area contributed by atoms with Crippen LogP contribution in [0.4, 0.5) is 5.69 Å². The molecule has 4 heteroatoms. The molecule has 0 bridgehead atoms. The molecule has 0 saturated heterocycles. The van der Waals surface area contributed by atoms with Gasteiger partial charge in [0.15, 0.2) is 0 Å². The lowest BCUT2D eigenvalue weighted by Gasteiger charge is -2.17. The minimum absolute atomic E-state index is 0.339. The van der Waals surface area contributed by atoms with Crippen molar-refractivity contribution in [2.75, 3.05) is 5.32 Å². The van der Waals surface area contributed by atoms with Gasteiger partial charge in [-0.05, 0) is 48.2 Å². The number of benzene rings is 2. The van der Waals surface area contributed by atoms with Gasteiger partial charge in [0.05, 0.1) is 16.8 Å². The third-order valence-electron chi connectivity index (χ3n) is 3.47. The normalized spacial score (nSPS) is 17.3. The minimum Gasteiger partial charge on any atom is -0.377 e. The highest BCUT2D eigenvalue weighted by molar-refractivity contribution is 9.10. The highest BCUT2D eigenvalue weighted by atomic mass is 79.9. The average molecular weight is 402 g/mol. The summed E-state index contributed by atoms with van der Waals surface area (Å²) in [6, 6.07) is 12.7. The molecule has 1 nitrogen and oxygen atoms in total. The average Bonchev–Trinajstić information content (AvgIpc) is 2.78. The molecule has 1 N–H and O–H groups in total. The fraction of sp³-hybridized carbons (Fsp3) is 0.200. The van der Waals surface area contributed by atoms with E-state index in [4.69, 9.17) is 11.6 Å². The van der Waals surface area contributed by atoms with Gasteiger partial charge in [-0.1, -0.05) is 55.6 Å². The lowest BCUT2D eigenvalue weighted by Crippen LogP contribution is -2.07. The highest BCUT2D eigenvalue weighted by Gasteiger charge is 2.24. The molecule has 1 unspecified atom stereocenters. The number of hydrogen-bond donors (Lipinski definition) is 1. The molecule has 3 rings (SSSR count). The van der Waals surface area contributed by atoms with Crippen LogP contribution in [0.5, 0.6) is 0 Å². The van der Waals surface area contributed by atoms with Gasteiger partial charge in [0, 0.05) is 8.95 Å². The molecule has 2 aromatic rings. The molecule has 0 aromatic heterocycles. The third kappa shape index (κ3) is 2.69. The lowest BCUT2D eigenvalue weighted by atomic mass is 10.1. The lowest BCUT2D eigenvalue weighted by molar-refractivity contribution is 0.762. The van der Waals surface area contributed by atoms with E-state index >= 15 is 0 Å². The second kappa shape index (κ2) is 5.47. The summed E-state index contributed by atoms with van der Waals surface area (Å²) in [5.41, 5.74) is 3.77. The fourth-order valence-electron chi connectivity index (χ4n) is 2.55. The van der Waals surface area contributed by atoms with Gasteiger partial charge >= 0.3 is 0 Å². The smallest absolute Gasteiger partial charge is 0.0648 e. The summed E-state index contributed by atoms with van der Waals surface area (Å²) >= 11 is 13.3. The summed E-state index contributed by atoms with van der Waals surface area (Å²) < 4.78 is 2.20. The molecule has 1 atom stereocenters. The number of halogens is 3. The van der Waals surface area contributed by atoms with Crippen molar-refractivity contribution in [3.05, 3.63) is 61.5 Å². The maximum absolute atomic E-state index is 6.26. The van der Waals surface area contributed by atoms with Crippen molar-refractivity contribution < 1.29 is 0 Å². The Kier molecular flexibility index (Phi) is 3.88. The predicted molar refractivity (Wildman–Crippen MR) is 88.0 cm³/mol. The van der Waals surface area contributed by atoms with Gasteiger partial charge in [0.25, 0.3) is 0 Å². The topological polar surface area (TPSA) is 12.0 Å². The summed E-state index contributed by atoms with van der Waals surface area (Å²) in [6.45, 7) is 0. The van der Waals surface area contributed by atoms with Crippen molar-refractivity contribution in [1.29, 1.82) is 0 Å². The molecular weight excluding hydrogens is 389 g/mol. The highest BCUT2D eigenvalue weighted by Crippen LogP contribution is 2.39. The summed E-state index contributed by atoms with van der Waals surface area (Å²) in [5, 5.41) is 4.29. The summed E-state index contributed by atoms with van der Waals surface area (Å²) in [4.78, 5) is 0. The van der Waals surface area contributed by atoms with Crippen molar-refractivity contribution in [1.82, 2.24) is 0 Å². The van der Waals surface area contributed by atoms with Gasteiger partial charge in [-0.15, -0.1) is 0 Å². The molecule has 0 heterocycles. The van der Waals surface area contributed by atoms with E-state index in [0.29, 0.717) is 6.04 Å². The van der Waals surface area contributed by atoms with E-state index < -0.39 is 0 Å². The summed E-state index contributed by atoms with van der Waals surface area (Å²) in [6.07, 6.45) is 2.20. The van der Waals surface area contributed by atoms with Gasteiger partial charge in [0.2, 0.25) is 0 Å². The Labute approximate surface area is 134 Å². The Hall–Kier alpha value is -0.510. The molecule has 0 aliphatic heterocycles. The van der Waals surface area contributed by atoms with Crippen LogP contribution in [0.25, 0.3) is 0 Å². The van der Waals surface area contributed by atoms with E-state index in [1.54, 1.807) is 0 Å². The van der Waals surface area contributed by atoms with Crippen LogP contribution >= 0.6 is 43.5 Å². The largest absolute Gasteiger partial charge is 0.377 e. The van der Waals surface area contributed by atoms with Crippen LogP contribution in [0.2, 0.25) is 5.02 Å². The van der Waals surface area contributed by atoms with Crippen LogP contribution in [0.15, 0.2) is 45.3 Å². The molecule has 0 fully saturated rings. The standard InChI is InChI=1S/C15H12Br2ClN/c16-9-4-6-15(13(18)8-9)19-14-7-5-10-11(14)2-1-3-12(10)17/h1-4,6,8,14,19H,5,7H2. The number of nitrogens with one attached hydrogen (secondary N) is 1. The first-order valence-electron chi connectivity index (χ1n) is 6.14. The molecule has 0 spiro atoms. The Morgan fingerprint density at radius 3 is 2.79 bits per heavy atom. The molecular formula is C15H12Br2ClN. The SMILES string of the molecule is Clc1cc(Br)ccc1NC1CCc2c(Br)cccc21. The van der Waals surface area contributed by atoms with E-state index in [9.17, 15) is 0 Å². The molecule has 19 heavy (non-hydrogen) atoms. The Morgan fingerprint density at radius 2 is 2.00 bits per heavy atom. The zero-order chi connectivity index (χ0) is 13.4. The van der Waals surface area contributed by atoms with E-state index in [1.165, 1.54) is 15.6 Å². The zero-order valence-electron chi connectivity index (χ0n) is 10.1. The maximum atomic E-state index is 6.26. The van der Waals surface area contributed by atoms with Crippen molar-refractivity contribution in [3.8, 4) is 0 Å².